The zero-order valence-corrected chi connectivity index (χ0v) is 11.2. The number of fused-ring (bicyclic) bond motifs is 3. The van der Waals surface area contributed by atoms with Crippen LogP contribution in [0, 0.1) is 0 Å². The number of rotatable bonds is 2. The van der Waals surface area contributed by atoms with E-state index in [-0.39, 0.29) is 5.78 Å². The molecular weight excluding hydrogens is 246 g/mol. The van der Waals surface area contributed by atoms with Crippen LogP contribution in [0.5, 0.6) is 0 Å². The molecule has 0 atom stereocenters. The van der Waals surface area contributed by atoms with E-state index in [9.17, 15) is 4.79 Å². The first-order valence-corrected chi connectivity index (χ1v) is 7.06. The molecule has 3 aromatic rings. The number of nitrogens with zero attached hydrogens (tertiary/aromatic N) is 1. The van der Waals surface area contributed by atoms with E-state index in [1.54, 1.807) is 0 Å². The Labute approximate surface area is 117 Å². The minimum Gasteiger partial charge on any atom is -0.344 e. The van der Waals surface area contributed by atoms with Crippen LogP contribution >= 0.6 is 0 Å². The summed E-state index contributed by atoms with van der Waals surface area (Å²) in [6, 6.07) is 17.8. The molecule has 0 amide bonds. The minimum atomic E-state index is 0.150. The highest BCUT2D eigenvalue weighted by Gasteiger charge is 2.25. The van der Waals surface area contributed by atoms with Gasteiger partial charge in [-0.25, -0.2) is 0 Å². The number of carbonyl (C=O) groups is 1. The van der Waals surface area contributed by atoms with E-state index in [4.69, 9.17) is 0 Å². The molecule has 98 valence electrons. The van der Waals surface area contributed by atoms with Crippen LogP contribution in [-0.4, -0.2) is 10.4 Å². The number of ketones is 1. The summed E-state index contributed by atoms with van der Waals surface area (Å²) in [5.74, 6) is 0.150. The third-order valence-electron chi connectivity index (χ3n) is 4.14. The van der Waals surface area contributed by atoms with E-state index in [2.05, 4.69) is 16.7 Å². The molecular formula is C18H15NO. The number of aryl methyl sites for hydroxylation is 1. The van der Waals surface area contributed by atoms with Crippen molar-refractivity contribution in [1.29, 1.82) is 0 Å². The van der Waals surface area contributed by atoms with Crippen LogP contribution in [0.4, 0.5) is 0 Å². The lowest BCUT2D eigenvalue weighted by Gasteiger charge is -2.02. The number of hydrogen-bond acceptors (Lipinski definition) is 1. The summed E-state index contributed by atoms with van der Waals surface area (Å²) in [6.07, 6.45) is 2.14. The molecule has 0 saturated heterocycles. The molecule has 2 nitrogen and oxygen atoms in total. The smallest absolute Gasteiger partial charge is 0.195 e. The quantitative estimate of drug-likeness (QED) is 0.643. The molecule has 1 aliphatic heterocycles. The molecule has 1 aromatic heterocycles. The van der Waals surface area contributed by atoms with Gasteiger partial charge in [0.2, 0.25) is 0 Å². The molecule has 4 rings (SSSR count). The Bertz CT molecular complexity index is 799. The van der Waals surface area contributed by atoms with Crippen molar-refractivity contribution >= 4 is 16.7 Å². The average molecular weight is 261 g/mol. The standard InChI is InChI=1S/C18H15NO/c20-18(13-7-2-1-3-8-13)17-14-9-4-5-10-15(14)19-12-6-11-16(17)19/h1-5,7-10H,6,11-12H2. The SMILES string of the molecule is O=C(c1ccccc1)c1c2n(c3ccccc13)CCC2. The van der Waals surface area contributed by atoms with Crippen molar-refractivity contribution in [1.82, 2.24) is 4.57 Å². The van der Waals surface area contributed by atoms with Crippen molar-refractivity contribution < 1.29 is 4.79 Å². The Morgan fingerprint density at radius 3 is 2.55 bits per heavy atom. The molecule has 2 heterocycles. The summed E-state index contributed by atoms with van der Waals surface area (Å²) in [4.78, 5) is 12.9. The number of benzene rings is 2. The third-order valence-corrected chi connectivity index (χ3v) is 4.14. The number of hydrogen-bond donors (Lipinski definition) is 0. The van der Waals surface area contributed by atoms with E-state index in [1.165, 1.54) is 11.2 Å². The van der Waals surface area contributed by atoms with Gasteiger partial charge in [-0.3, -0.25) is 4.79 Å². The second kappa shape index (κ2) is 4.34. The Balaban J connectivity index is 1.99. The van der Waals surface area contributed by atoms with Crippen LogP contribution in [0.1, 0.15) is 28.0 Å². The molecule has 0 aliphatic carbocycles. The van der Waals surface area contributed by atoms with Crippen LogP contribution in [-0.2, 0) is 13.0 Å². The molecule has 0 spiro atoms. The minimum absolute atomic E-state index is 0.150. The first-order valence-electron chi connectivity index (χ1n) is 7.06. The van der Waals surface area contributed by atoms with E-state index in [0.717, 1.165) is 35.9 Å². The predicted octanol–water partition coefficient (Wildman–Crippen LogP) is 3.82. The van der Waals surface area contributed by atoms with Gasteiger partial charge in [-0.15, -0.1) is 0 Å². The van der Waals surface area contributed by atoms with Crippen LogP contribution in [0.15, 0.2) is 54.6 Å². The topological polar surface area (TPSA) is 22.0 Å². The van der Waals surface area contributed by atoms with Crippen LogP contribution in [0.2, 0.25) is 0 Å². The number of para-hydroxylation sites is 1. The fourth-order valence-electron chi connectivity index (χ4n) is 3.26. The van der Waals surface area contributed by atoms with Crippen LogP contribution in [0.3, 0.4) is 0 Å². The first-order chi connectivity index (χ1) is 9.86. The largest absolute Gasteiger partial charge is 0.344 e. The second-order valence-corrected chi connectivity index (χ2v) is 5.29. The lowest BCUT2D eigenvalue weighted by atomic mass is 9.99. The fraction of sp³-hybridized carbons (Fsp3) is 0.167. The maximum Gasteiger partial charge on any atom is 0.195 e. The van der Waals surface area contributed by atoms with Gasteiger partial charge in [-0.2, -0.15) is 0 Å². The fourth-order valence-corrected chi connectivity index (χ4v) is 3.26. The van der Waals surface area contributed by atoms with Crippen molar-refractivity contribution in [3.8, 4) is 0 Å². The average Bonchev–Trinajstić information content (AvgIpc) is 3.08. The van der Waals surface area contributed by atoms with E-state index < -0.39 is 0 Å². The van der Waals surface area contributed by atoms with Gasteiger partial charge in [0.25, 0.3) is 0 Å². The molecule has 0 fully saturated rings. The monoisotopic (exact) mass is 261 g/mol. The van der Waals surface area contributed by atoms with Gasteiger partial charge in [-0.1, -0.05) is 48.5 Å². The Morgan fingerprint density at radius 1 is 0.950 bits per heavy atom. The van der Waals surface area contributed by atoms with E-state index in [0.29, 0.717) is 0 Å². The summed E-state index contributed by atoms with van der Waals surface area (Å²) in [7, 11) is 0. The van der Waals surface area contributed by atoms with E-state index >= 15 is 0 Å². The lowest BCUT2D eigenvalue weighted by Crippen LogP contribution is -2.03. The molecule has 2 heteroatoms. The maximum atomic E-state index is 12.9. The highest BCUT2D eigenvalue weighted by Crippen LogP contribution is 2.32. The summed E-state index contributed by atoms with van der Waals surface area (Å²) < 4.78 is 2.31. The summed E-state index contributed by atoms with van der Waals surface area (Å²) in [5.41, 5.74) is 4.09. The van der Waals surface area contributed by atoms with Crippen LogP contribution in [0.25, 0.3) is 10.9 Å². The highest BCUT2D eigenvalue weighted by molar-refractivity contribution is 6.17. The highest BCUT2D eigenvalue weighted by atomic mass is 16.1. The van der Waals surface area contributed by atoms with Crippen molar-refractivity contribution in [2.24, 2.45) is 0 Å². The Kier molecular flexibility index (Phi) is 2.49. The van der Waals surface area contributed by atoms with Crippen molar-refractivity contribution in [2.75, 3.05) is 0 Å². The molecule has 0 radical (unpaired) electrons. The normalized spacial score (nSPS) is 13.6. The molecule has 2 aromatic carbocycles. The van der Waals surface area contributed by atoms with Gasteiger partial charge in [0.1, 0.15) is 0 Å². The predicted molar refractivity (Wildman–Crippen MR) is 80.1 cm³/mol. The summed E-state index contributed by atoms with van der Waals surface area (Å²) >= 11 is 0. The van der Waals surface area contributed by atoms with Gasteiger partial charge < -0.3 is 4.57 Å². The van der Waals surface area contributed by atoms with Crippen molar-refractivity contribution in [3.63, 3.8) is 0 Å². The van der Waals surface area contributed by atoms with Crippen LogP contribution < -0.4 is 0 Å². The maximum absolute atomic E-state index is 12.9. The summed E-state index contributed by atoms with van der Waals surface area (Å²) in [5, 5.41) is 1.09. The third kappa shape index (κ3) is 1.54. The summed E-state index contributed by atoms with van der Waals surface area (Å²) in [6.45, 7) is 1.03. The molecule has 0 saturated carbocycles. The van der Waals surface area contributed by atoms with Gasteiger partial charge in [0.05, 0.1) is 5.56 Å². The zero-order valence-electron chi connectivity index (χ0n) is 11.2. The van der Waals surface area contributed by atoms with Gasteiger partial charge in [0, 0.05) is 28.7 Å². The molecule has 0 N–H and O–H groups in total. The Hall–Kier alpha value is -2.35. The first kappa shape index (κ1) is 11.5. The zero-order chi connectivity index (χ0) is 13.5. The molecule has 20 heavy (non-hydrogen) atoms. The molecule has 0 bridgehead atoms. The van der Waals surface area contributed by atoms with Gasteiger partial charge >= 0.3 is 0 Å². The number of aromatic nitrogens is 1. The Morgan fingerprint density at radius 2 is 1.70 bits per heavy atom. The van der Waals surface area contributed by atoms with Gasteiger partial charge in [-0.05, 0) is 18.9 Å². The van der Waals surface area contributed by atoms with Crippen molar-refractivity contribution in [2.45, 2.75) is 19.4 Å². The molecule has 0 unspecified atom stereocenters. The molecule has 1 aliphatic rings. The number of carbonyl (C=O) groups excluding carboxylic acids is 1. The van der Waals surface area contributed by atoms with Gasteiger partial charge in [0.15, 0.2) is 5.78 Å². The second-order valence-electron chi connectivity index (χ2n) is 5.29. The van der Waals surface area contributed by atoms with E-state index in [1.807, 2.05) is 42.5 Å². The van der Waals surface area contributed by atoms with Crippen molar-refractivity contribution in [3.05, 3.63) is 71.4 Å². The lowest BCUT2D eigenvalue weighted by molar-refractivity contribution is 0.103.